The zero-order valence-electron chi connectivity index (χ0n) is 9.29. The van der Waals surface area contributed by atoms with Crippen LogP contribution in [-0.2, 0) is 9.59 Å². The van der Waals surface area contributed by atoms with E-state index in [2.05, 4.69) is 10.6 Å². The van der Waals surface area contributed by atoms with Crippen LogP contribution in [0.4, 0.5) is 0 Å². The molecule has 2 amide bonds. The van der Waals surface area contributed by atoms with Gasteiger partial charge in [0.1, 0.15) is 0 Å². The van der Waals surface area contributed by atoms with Gasteiger partial charge in [-0.2, -0.15) is 0 Å². The van der Waals surface area contributed by atoms with Gasteiger partial charge in [0.05, 0.1) is 11.6 Å². The zero-order valence-corrected chi connectivity index (χ0v) is 9.29. The average molecular weight is 226 g/mol. The van der Waals surface area contributed by atoms with E-state index < -0.39 is 5.60 Å². The average Bonchev–Trinajstić information content (AvgIpc) is 2.64. The summed E-state index contributed by atoms with van der Waals surface area (Å²) in [5.74, 6) is -0.472. The van der Waals surface area contributed by atoms with Crippen molar-refractivity contribution in [1.82, 2.24) is 10.6 Å². The molecule has 5 heteroatoms. The third-order valence-corrected chi connectivity index (χ3v) is 3.45. The van der Waals surface area contributed by atoms with Crippen molar-refractivity contribution in [2.45, 2.75) is 50.2 Å². The van der Waals surface area contributed by atoms with Crippen molar-refractivity contribution in [3.8, 4) is 0 Å². The van der Waals surface area contributed by atoms with E-state index in [1.54, 1.807) is 0 Å². The van der Waals surface area contributed by atoms with Crippen LogP contribution in [0, 0.1) is 0 Å². The van der Waals surface area contributed by atoms with E-state index in [9.17, 15) is 14.7 Å². The Labute approximate surface area is 94.6 Å². The monoisotopic (exact) mass is 226 g/mol. The largest absolute Gasteiger partial charge is 0.389 e. The molecule has 1 saturated carbocycles. The van der Waals surface area contributed by atoms with Crippen LogP contribution in [0.2, 0.25) is 0 Å². The number of hydrogen-bond donors (Lipinski definition) is 3. The minimum atomic E-state index is -0.651. The van der Waals surface area contributed by atoms with Gasteiger partial charge in [-0.15, -0.1) is 0 Å². The molecule has 0 aromatic heterocycles. The van der Waals surface area contributed by atoms with Gasteiger partial charge in [0, 0.05) is 13.0 Å². The van der Waals surface area contributed by atoms with Crippen LogP contribution in [0.15, 0.2) is 0 Å². The topological polar surface area (TPSA) is 78.4 Å². The molecular weight excluding hydrogens is 208 g/mol. The smallest absolute Gasteiger partial charge is 0.243 e. The Balaban J connectivity index is 1.81. The summed E-state index contributed by atoms with van der Waals surface area (Å²) in [5, 5.41) is 15.5. The summed E-state index contributed by atoms with van der Waals surface area (Å²) in [6, 6.07) is -0.331. The molecule has 0 radical (unpaired) electrons. The molecule has 1 aliphatic carbocycles. The molecule has 90 valence electrons. The van der Waals surface area contributed by atoms with E-state index >= 15 is 0 Å². The maximum atomic E-state index is 11.4. The molecule has 0 spiro atoms. The van der Waals surface area contributed by atoms with Crippen LogP contribution in [0.3, 0.4) is 0 Å². The predicted octanol–water partition coefficient (Wildman–Crippen LogP) is -0.314. The van der Waals surface area contributed by atoms with Crippen molar-refractivity contribution < 1.29 is 14.7 Å². The van der Waals surface area contributed by atoms with Crippen molar-refractivity contribution in [3.63, 3.8) is 0 Å². The van der Waals surface area contributed by atoms with E-state index in [1.165, 1.54) is 0 Å². The number of rotatable bonds is 3. The Morgan fingerprint density at radius 3 is 2.69 bits per heavy atom. The lowest BCUT2D eigenvalue weighted by Gasteiger charge is -2.27. The highest BCUT2D eigenvalue weighted by Gasteiger charge is 2.33. The van der Waals surface area contributed by atoms with Gasteiger partial charge in [0.2, 0.25) is 11.8 Å². The van der Waals surface area contributed by atoms with Gasteiger partial charge < -0.3 is 10.4 Å². The van der Waals surface area contributed by atoms with Crippen LogP contribution >= 0.6 is 0 Å². The Bertz CT molecular complexity index is 298. The molecule has 16 heavy (non-hydrogen) atoms. The molecule has 2 fully saturated rings. The van der Waals surface area contributed by atoms with Crippen molar-refractivity contribution in [3.05, 3.63) is 0 Å². The highest BCUT2D eigenvalue weighted by molar-refractivity contribution is 6.00. The molecule has 0 aromatic carbocycles. The standard InChI is InChI=1S/C11H18N2O3/c14-9-4-3-8(10(15)13-9)12-7-11(16)5-1-2-6-11/h8,12,16H,1-7H2,(H,13,14,15). The minimum Gasteiger partial charge on any atom is -0.389 e. The fourth-order valence-electron chi connectivity index (χ4n) is 2.41. The normalized spacial score (nSPS) is 29.2. The first-order valence-corrected chi connectivity index (χ1v) is 5.89. The Morgan fingerprint density at radius 2 is 2.06 bits per heavy atom. The lowest BCUT2D eigenvalue weighted by atomic mass is 10.0. The molecule has 5 nitrogen and oxygen atoms in total. The third kappa shape index (κ3) is 2.59. The molecular formula is C11H18N2O3. The van der Waals surface area contributed by atoms with Gasteiger partial charge in [0.15, 0.2) is 0 Å². The molecule has 2 aliphatic rings. The summed E-state index contributed by atoms with van der Waals surface area (Å²) < 4.78 is 0. The molecule has 1 heterocycles. The van der Waals surface area contributed by atoms with Crippen molar-refractivity contribution in [2.24, 2.45) is 0 Å². The van der Waals surface area contributed by atoms with Crippen molar-refractivity contribution in [1.29, 1.82) is 0 Å². The first-order chi connectivity index (χ1) is 7.59. The number of hydrogen-bond acceptors (Lipinski definition) is 4. The highest BCUT2D eigenvalue weighted by atomic mass is 16.3. The van der Waals surface area contributed by atoms with E-state index in [0.717, 1.165) is 25.7 Å². The molecule has 1 saturated heterocycles. The van der Waals surface area contributed by atoms with E-state index in [-0.39, 0.29) is 17.9 Å². The Morgan fingerprint density at radius 1 is 1.38 bits per heavy atom. The summed E-state index contributed by atoms with van der Waals surface area (Å²) in [7, 11) is 0. The van der Waals surface area contributed by atoms with Gasteiger partial charge in [-0.3, -0.25) is 14.9 Å². The minimum absolute atomic E-state index is 0.206. The molecule has 2 rings (SSSR count). The van der Waals surface area contributed by atoms with E-state index in [4.69, 9.17) is 0 Å². The fourth-order valence-corrected chi connectivity index (χ4v) is 2.41. The molecule has 0 bridgehead atoms. The summed E-state index contributed by atoms with van der Waals surface area (Å²) in [6.45, 7) is 0.444. The lowest BCUT2D eigenvalue weighted by molar-refractivity contribution is -0.134. The Kier molecular flexibility index (Phi) is 3.25. The van der Waals surface area contributed by atoms with Crippen molar-refractivity contribution >= 4 is 11.8 Å². The first-order valence-electron chi connectivity index (χ1n) is 5.89. The molecule has 1 atom stereocenters. The number of piperidine rings is 1. The SMILES string of the molecule is O=C1CCC(NCC2(O)CCCC2)C(=O)N1. The molecule has 1 unspecified atom stereocenters. The van der Waals surface area contributed by atoms with E-state index in [1.807, 2.05) is 0 Å². The number of nitrogens with one attached hydrogen (secondary N) is 2. The van der Waals surface area contributed by atoms with Gasteiger partial charge in [0.25, 0.3) is 0 Å². The summed E-state index contributed by atoms with van der Waals surface area (Å²) >= 11 is 0. The summed E-state index contributed by atoms with van der Waals surface area (Å²) in [5.41, 5.74) is -0.651. The highest BCUT2D eigenvalue weighted by Crippen LogP contribution is 2.28. The van der Waals surface area contributed by atoms with Crippen molar-refractivity contribution in [2.75, 3.05) is 6.54 Å². The number of carbonyl (C=O) groups is 2. The maximum Gasteiger partial charge on any atom is 0.243 e. The molecule has 1 aliphatic heterocycles. The van der Waals surface area contributed by atoms with Crippen LogP contribution in [0.5, 0.6) is 0 Å². The molecule has 3 N–H and O–H groups in total. The van der Waals surface area contributed by atoms with Crippen LogP contribution in [-0.4, -0.2) is 35.1 Å². The quantitative estimate of drug-likeness (QED) is 0.577. The Hall–Kier alpha value is -0.940. The van der Waals surface area contributed by atoms with Crippen LogP contribution in [0.1, 0.15) is 38.5 Å². The van der Waals surface area contributed by atoms with Crippen LogP contribution in [0.25, 0.3) is 0 Å². The summed E-state index contributed by atoms with van der Waals surface area (Å²) in [6.07, 6.45) is 4.60. The number of amides is 2. The fraction of sp³-hybridized carbons (Fsp3) is 0.818. The first kappa shape index (κ1) is 11.5. The molecule has 0 aromatic rings. The lowest BCUT2D eigenvalue weighted by Crippen LogP contribution is -2.53. The summed E-state index contributed by atoms with van der Waals surface area (Å²) in [4.78, 5) is 22.4. The second-order valence-electron chi connectivity index (χ2n) is 4.82. The van der Waals surface area contributed by atoms with Gasteiger partial charge in [-0.25, -0.2) is 0 Å². The van der Waals surface area contributed by atoms with E-state index in [0.29, 0.717) is 19.4 Å². The number of aliphatic hydroxyl groups is 1. The third-order valence-electron chi connectivity index (χ3n) is 3.45. The van der Waals surface area contributed by atoms with Gasteiger partial charge in [-0.1, -0.05) is 12.8 Å². The van der Waals surface area contributed by atoms with Gasteiger partial charge >= 0.3 is 0 Å². The van der Waals surface area contributed by atoms with Crippen LogP contribution < -0.4 is 10.6 Å². The van der Waals surface area contributed by atoms with Gasteiger partial charge in [-0.05, 0) is 19.3 Å². The number of carbonyl (C=O) groups excluding carboxylic acids is 2. The second kappa shape index (κ2) is 4.51. The number of imide groups is 1. The predicted molar refractivity (Wildman–Crippen MR) is 57.6 cm³/mol. The maximum absolute atomic E-state index is 11.4. The second-order valence-corrected chi connectivity index (χ2v) is 4.82. The zero-order chi connectivity index (χ0) is 11.6.